The van der Waals surface area contributed by atoms with Crippen molar-refractivity contribution in [2.45, 2.75) is 44.2 Å². The minimum absolute atomic E-state index is 0. The molecule has 3 nitrogen and oxygen atoms in total. The zero-order chi connectivity index (χ0) is 16.6. The Morgan fingerprint density at radius 2 is 1.56 bits per heavy atom. The Balaban J connectivity index is 0.00000225. The average Bonchev–Trinajstić information content (AvgIpc) is 2.67. The first-order valence-corrected chi connectivity index (χ1v) is 9.01. The Kier molecular flexibility index (Phi) is 8.26. The van der Waals surface area contributed by atoms with E-state index in [1.54, 1.807) is 0 Å². The largest absolute Gasteiger partial charge is 0.491 e. The van der Waals surface area contributed by atoms with Crippen LogP contribution in [0, 0.1) is 0 Å². The lowest BCUT2D eigenvalue weighted by Gasteiger charge is -2.24. The summed E-state index contributed by atoms with van der Waals surface area (Å²) in [6, 6.07) is 18.9. The first-order valence-electron chi connectivity index (χ1n) is 9.01. The number of benzene rings is 2. The zero-order valence-electron chi connectivity index (χ0n) is 14.6. The molecule has 2 aromatic carbocycles. The Morgan fingerprint density at radius 1 is 0.920 bits per heavy atom. The summed E-state index contributed by atoms with van der Waals surface area (Å²) in [5, 5.41) is 13.5. The third-order valence-electron chi connectivity index (χ3n) is 4.65. The molecule has 2 N–H and O–H groups in total. The summed E-state index contributed by atoms with van der Waals surface area (Å²) in [5.74, 6) is 0.798. The van der Waals surface area contributed by atoms with Crippen molar-refractivity contribution in [3.63, 3.8) is 0 Å². The number of nitrogens with one attached hydrogen (secondary N) is 1. The molecule has 1 aliphatic carbocycles. The Bertz CT molecular complexity index is 597. The molecule has 25 heavy (non-hydrogen) atoms. The van der Waals surface area contributed by atoms with Crippen molar-refractivity contribution in [1.29, 1.82) is 0 Å². The van der Waals surface area contributed by atoms with E-state index in [1.807, 2.05) is 30.3 Å². The fraction of sp³-hybridized carbons (Fsp3) is 0.429. The second kappa shape index (κ2) is 10.4. The van der Waals surface area contributed by atoms with Gasteiger partial charge in [0.05, 0.1) is 0 Å². The fourth-order valence-electron chi connectivity index (χ4n) is 3.23. The second-order valence-corrected chi connectivity index (χ2v) is 6.60. The molecule has 0 heterocycles. The molecule has 0 aromatic heterocycles. The lowest BCUT2D eigenvalue weighted by atomic mass is 9.95. The molecule has 3 rings (SSSR count). The molecule has 1 fully saturated rings. The van der Waals surface area contributed by atoms with Gasteiger partial charge in [-0.2, -0.15) is 0 Å². The maximum Gasteiger partial charge on any atom is 0.119 e. The second-order valence-electron chi connectivity index (χ2n) is 6.60. The monoisotopic (exact) mass is 361 g/mol. The molecule has 0 saturated heterocycles. The highest BCUT2D eigenvalue weighted by molar-refractivity contribution is 5.85. The van der Waals surface area contributed by atoms with Crippen molar-refractivity contribution in [2.24, 2.45) is 0 Å². The highest BCUT2D eigenvalue weighted by Gasteiger charge is 2.14. The molecule has 0 bridgehead atoms. The van der Waals surface area contributed by atoms with E-state index in [0.29, 0.717) is 19.2 Å². The van der Waals surface area contributed by atoms with Crippen molar-refractivity contribution in [2.75, 3.05) is 13.2 Å². The molecule has 0 amide bonds. The molecule has 4 heteroatoms. The van der Waals surface area contributed by atoms with Gasteiger partial charge in [-0.25, -0.2) is 0 Å². The molecule has 1 unspecified atom stereocenters. The van der Waals surface area contributed by atoms with E-state index >= 15 is 0 Å². The smallest absolute Gasteiger partial charge is 0.119 e. The van der Waals surface area contributed by atoms with Crippen LogP contribution in [0.3, 0.4) is 0 Å². The quantitative estimate of drug-likeness (QED) is 0.766. The summed E-state index contributed by atoms with van der Waals surface area (Å²) in [6.07, 6.45) is 5.95. The van der Waals surface area contributed by atoms with Crippen LogP contribution in [0.5, 0.6) is 5.75 Å². The van der Waals surface area contributed by atoms with Gasteiger partial charge >= 0.3 is 0 Å². The molecular formula is C21H28ClNO2. The summed E-state index contributed by atoms with van der Waals surface area (Å²) in [6.45, 7) is 0.928. The van der Waals surface area contributed by atoms with Crippen LogP contribution in [0.15, 0.2) is 54.6 Å². The predicted molar refractivity (Wildman–Crippen MR) is 106 cm³/mol. The molecular weight excluding hydrogens is 334 g/mol. The van der Waals surface area contributed by atoms with Gasteiger partial charge in [0.1, 0.15) is 18.5 Å². The number of hydrogen-bond acceptors (Lipinski definition) is 3. The topological polar surface area (TPSA) is 41.5 Å². The van der Waals surface area contributed by atoms with Crippen LogP contribution in [0.25, 0.3) is 11.1 Å². The maximum absolute atomic E-state index is 10.1. The summed E-state index contributed by atoms with van der Waals surface area (Å²) in [5.41, 5.74) is 2.36. The normalized spacial score (nSPS) is 16.0. The lowest BCUT2D eigenvalue weighted by molar-refractivity contribution is 0.102. The van der Waals surface area contributed by atoms with Gasteiger partial charge in [0.2, 0.25) is 0 Å². The van der Waals surface area contributed by atoms with E-state index in [-0.39, 0.29) is 12.4 Å². The van der Waals surface area contributed by atoms with Crippen molar-refractivity contribution in [3.05, 3.63) is 54.6 Å². The average molecular weight is 362 g/mol. The minimum Gasteiger partial charge on any atom is -0.491 e. The summed E-state index contributed by atoms with van der Waals surface area (Å²) in [7, 11) is 0. The lowest BCUT2D eigenvalue weighted by Crippen LogP contribution is -2.38. The van der Waals surface area contributed by atoms with E-state index in [9.17, 15) is 5.11 Å². The van der Waals surface area contributed by atoms with Crippen LogP contribution < -0.4 is 10.1 Å². The van der Waals surface area contributed by atoms with Gasteiger partial charge in [-0.05, 0) is 36.1 Å². The van der Waals surface area contributed by atoms with Gasteiger partial charge in [-0.15, -0.1) is 12.4 Å². The van der Waals surface area contributed by atoms with Crippen LogP contribution in [0.1, 0.15) is 32.1 Å². The Morgan fingerprint density at radius 3 is 2.24 bits per heavy atom. The fourth-order valence-corrected chi connectivity index (χ4v) is 3.23. The third-order valence-corrected chi connectivity index (χ3v) is 4.65. The summed E-state index contributed by atoms with van der Waals surface area (Å²) >= 11 is 0. The Hall–Kier alpha value is -1.55. The van der Waals surface area contributed by atoms with Crippen LogP contribution >= 0.6 is 12.4 Å². The van der Waals surface area contributed by atoms with Crippen molar-refractivity contribution in [1.82, 2.24) is 5.32 Å². The molecule has 0 radical (unpaired) electrons. The van der Waals surface area contributed by atoms with Crippen molar-refractivity contribution >= 4 is 12.4 Å². The summed E-state index contributed by atoms with van der Waals surface area (Å²) < 4.78 is 5.71. The standard InChI is InChI=1S/C21H27NO2.ClH/c23-20(15-22-19-9-5-2-6-10-19)16-24-21-13-11-18(12-14-21)17-7-3-1-4-8-17;/h1,3-4,7-8,11-14,19-20,22-23H,2,5-6,9-10,15-16H2;1H. The molecule has 0 spiro atoms. The van der Waals surface area contributed by atoms with Crippen LogP contribution in [-0.2, 0) is 0 Å². The number of halogens is 1. The number of ether oxygens (including phenoxy) is 1. The third kappa shape index (κ3) is 6.35. The van der Waals surface area contributed by atoms with E-state index < -0.39 is 6.10 Å². The van der Waals surface area contributed by atoms with E-state index in [2.05, 4.69) is 29.6 Å². The summed E-state index contributed by atoms with van der Waals surface area (Å²) in [4.78, 5) is 0. The molecule has 0 aliphatic heterocycles. The van der Waals surface area contributed by atoms with Gasteiger partial charge in [-0.1, -0.05) is 61.7 Å². The van der Waals surface area contributed by atoms with Crippen molar-refractivity contribution < 1.29 is 9.84 Å². The van der Waals surface area contributed by atoms with Crippen LogP contribution in [0.2, 0.25) is 0 Å². The predicted octanol–water partition coefficient (Wildman–Crippen LogP) is 4.44. The number of rotatable bonds is 7. The van der Waals surface area contributed by atoms with E-state index in [1.165, 1.54) is 43.2 Å². The van der Waals surface area contributed by atoms with Gasteiger partial charge in [0, 0.05) is 12.6 Å². The zero-order valence-corrected chi connectivity index (χ0v) is 15.4. The molecule has 1 saturated carbocycles. The van der Waals surface area contributed by atoms with Crippen molar-refractivity contribution in [3.8, 4) is 16.9 Å². The van der Waals surface area contributed by atoms with Gasteiger partial charge in [0.15, 0.2) is 0 Å². The first-order chi connectivity index (χ1) is 11.8. The van der Waals surface area contributed by atoms with Crippen LogP contribution in [-0.4, -0.2) is 30.4 Å². The molecule has 2 aromatic rings. The number of aliphatic hydroxyl groups excluding tert-OH is 1. The molecule has 1 atom stereocenters. The minimum atomic E-state index is -0.472. The van der Waals surface area contributed by atoms with E-state index in [0.717, 1.165) is 5.75 Å². The van der Waals surface area contributed by atoms with Gasteiger partial charge in [0.25, 0.3) is 0 Å². The van der Waals surface area contributed by atoms with Crippen LogP contribution in [0.4, 0.5) is 0 Å². The number of hydrogen-bond donors (Lipinski definition) is 2. The SMILES string of the molecule is Cl.OC(CNC1CCCCC1)COc1ccc(-c2ccccc2)cc1. The molecule has 1 aliphatic rings. The van der Waals surface area contributed by atoms with Gasteiger partial charge in [-0.3, -0.25) is 0 Å². The Labute approximate surface area is 156 Å². The highest BCUT2D eigenvalue weighted by atomic mass is 35.5. The number of aliphatic hydroxyl groups is 1. The first kappa shape index (κ1) is 19.8. The molecule has 136 valence electrons. The van der Waals surface area contributed by atoms with E-state index in [4.69, 9.17) is 4.74 Å². The van der Waals surface area contributed by atoms with Gasteiger partial charge < -0.3 is 15.2 Å². The highest BCUT2D eigenvalue weighted by Crippen LogP contribution is 2.22. The maximum atomic E-state index is 10.1.